The van der Waals surface area contributed by atoms with Gasteiger partial charge in [-0.2, -0.15) is 3.97 Å². The molecule has 0 atom stereocenters. The Morgan fingerprint density at radius 2 is 1.47 bits per heavy atom. The van der Waals surface area contributed by atoms with Crippen LogP contribution in [0.2, 0.25) is 0 Å². The summed E-state index contributed by atoms with van der Waals surface area (Å²) in [5.41, 5.74) is 1.32. The number of rotatable bonds is 5. The molecule has 4 aromatic rings. The van der Waals surface area contributed by atoms with E-state index in [0.29, 0.717) is 20.8 Å². The van der Waals surface area contributed by atoms with Crippen LogP contribution in [0.5, 0.6) is 11.5 Å². The van der Waals surface area contributed by atoms with Gasteiger partial charge in [0.25, 0.3) is 15.9 Å². The van der Waals surface area contributed by atoms with E-state index < -0.39 is 21.6 Å². The summed E-state index contributed by atoms with van der Waals surface area (Å²) < 4.78 is 39.7. The number of imidazole rings is 1. The number of aromatic nitrogens is 2. The van der Waals surface area contributed by atoms with E-state index in [1.54, 1.807) is 44.2 Å². The first-order chi connectivity index (χ1) is 16.1. The third-order valence-corrected chi connectivity index (χ3v) is 7.65. The van der Waals surface area contributed by atoms with Gasteiger partial charge in [0.05, 0.1) is 35.7 Å². The van der Waals surface area contributed by atoms with Crippen molar-refractivity contribution in [3.8, 4) is 11.5 Å². The van der Waals surface area contributed by atoms with Crippen molar-refractivity contribution in [2.75, 3.05) is 14.2 Å². The highest BCUT2D eigenvalue weighted by Crippen LogP contribution is 2.29. The van der Waals surface area contributed by atoms with Crippen LogP contribution in [-0.2, 0) is 10.0 Å². The van der Waals surface area contributed by atoms with Crippen LogP contribution >= 0.6 is 0 Å². The second-order valence-electron chi connectivity index (χ2n) is 7.98. The number of carbonyl (C=O) groups is 1. The smallest absolute Gasteiger partial charge is 0.350 e. The number of ether oxygens (including phenoxy) is 2. The first kappa shape index (κ1) is 23.3. The highest BCUT2D eigenvalue weighted by atomic mass is 32.2. The molecule has 0 saturated carbocycles. The zero-order chi connectivity index (χ0) is 24.8. The van der Waals surface area contributed by atoms with Gasteiger partial charge in [0.15, 0.2) is 0 Å². The van der Waals surface area contributed by atoms with Crippen LogP contribution in [0.25, 0.3) is 11.0 Å². The van der Waals surface area contributed by atoms with E-state index in [-0.39, 0.29) is 27.2 Å². The normalized spacial score (nSPS) is 11.6. The topological polar surface area (TPSA) is 96.6 Å². The summed E-state index contributed by atoms with van der Waals surface area (Å²) in [4.78, 5) is 27.2. The number of aryl methyl sites for hydroxylation is 3. The second-order valence-corrected chi connectivity index (χ2v) is 9.70. The minimum Gasteiger partial charge on any atom is -0.497 e. The van der Waals surface area contributed by atoms with Gasteiger partial charge in [0, 0.05) is 6.07 Å². The molecule has 176 valence electrons. The lowest BCUT2D eigenvalue weighted by molar-refractivity contribution is 0.0957. The van der Waals surface area contributed by atoms with E-state index in [0.717, 1.165) is 10.1 Å². The largest absolute Gasteiger partial charge is 0.497 e. The molecule has 0 unspecified atom stereocenters. The molecule has 1 aromatic heterocycles. The highest BCUT2D eigenvalue weighted by Gasteiger charge is 2.31. The molecule has 0 bridgehead atoms. The van der Waals surface area contributed by atoms with Crippen LogP contribution in [-0.4, -0.2) is 37.1 Å². The highest BCUT2D eigenvalue weighted by molar-refractivity contribution is 7.90. The Labute approximate surface area is 197 Å². The molecule has 0 spiro atoms. The number of fused-ring (bicyclic) bond motifs is 1. The number of para-hydroxylation sites is 2. The van der Waals surface area contributed by atoms with Gasteiger partial charge in [0.2, 0.25) is 0 Å². The summed E-state index contributed by atoms with van der Waals surface area (Å²) in [6.07, 6.45) is 0. The average molecular weight is 481 g/mol. The van der Waals surface area contributed by atoms with Gasteiger partial charge >= 0.3 is 5.69 Å². The van der Waals surface area contributed by atoms with Crippen molar-refractivity contribution in [2.45, 2.75) is 25.7 Å². The summed E-state index contributed by atoms with van der Waals surface area (Å²) in [6.45, 7) is 5.24. The minimum absolute atomic E-state index is 0.0394. The summed E-state index contributed by atoms with van der Waals surface area (Å²) in [6, 6.07) is 14.3. The maximum Gasteiger partial charge on any atom is 0.350 e. The van der Waals surface area contributed by atoms with Crippen LogP contribution in [0.1, 0.15) is 27.0 Å². The molecule has 0 aliphatic carbocycles. The number of nitrogens with zero attached hydrogens (tertiary/aromatic N) is 2. The standard InChI is InChI=1S/C25H24N2O6S/c1-15-12-16(2)23(17(3)13-15)34(30,31)27-21-9-7-6-8-20(21)26(25(27)29)24(28)19-11-10-18(32-4)14-22(19)33-5/h6-14H,1-5H3. The van der Waals surface area contributed by atoms with E-state index in [1.165, 1.54) is 38.5 Å². The Hall–Kier alpha value is -3.85. The quantitative estimate of drug-likeness (QED) is 0.432. The van der Waals surface area contributed by atoms with Crippen molar-refractivity contribution in [3.63, 3.8) is 0 Å². The van der Waals surface area contributed by atoms with E-state index in [4.69, 9.17) is 9.47 Å². The molecule has 0 aliphatic heterocycles. The molecule has 0 N–H and O–H groups in total. The molecular formula is C25H24N2O6S. The fraction of sp³-hybridized carbons (Fsp3) is 0.200. The summed E-state index contributed by atoms with van der Waals surface area (Å²) in [7, 11) is -1.44. The van der Waals surface area contributed by atoms with Crippen molar-refractivity contribution < 1.29 is 22.7 Å². The third kappa shape index (κ3) is 3.58. The average Bonchev–Trinajstić information content (AvgIpc) is 3.09. The first-order valence-electron chi connectivity index (χ1n) is 10.4. The molecule has 0 radical (unpaired) electrons. The fourth-order valence-corrected chi connectivity index (χ4v) is 6.13. The number of methoxy groups -OCH3 is 2. The number of benzene rings is 3. The Balaban J connectivity index is 2.02. The van der Waals surface area contributed by atoms with Crippen LogP contribution < -0.4 is 15.2 Å². The molecule has 0 saturated heterocycles. The molecule has 8 nitrogen and oxygen atoms in total. The maximum absolute atomic E-state index is 13.8. The van der Waals surface area contributed by atoms with E-state index in [9.17, 15) is 18.0 Å². The lowest BCUT2D eigenvalue weighted by atomic mass is 10.1. The van der Waals surface area contributed by atoms with E-state index in [1.807, 2.05) is 6.92 Å². The minimum atomic E-state index is -4.32. The van der Waals surface area contributed by atoms with Crippen LogP contribution in [0, 0.1) is 20.8 Å². The van der Waals surface area contributed by atoms with Crippen molar-refractivity contribution in [1.82, 2.24) is 8.54 Å². The Morgan fingerprint density at radius 1 is 0.853 bits per heavy atom. The van der Waals surface area contributed by atoms with Gasteiger partial charge in [-0.05, 0) is 56.2 Å². The van der Waals surface area contributed by atoms with Gasteiger partial charge in [-0.1, -0.05) is 29.8 Å². The lowest BCUT2D eigenvalue weighted by Gasteiger charge is -2.13. The van der Waals surface area contributed by atoms with Gasteiger partial charge < -0.3 is 9.47 Å². The lowest BCUT2D eigenvalue weighted by Crippen LogP contribution is -2.33. The zero-order valence-electron chi connectivity index (χ0n) is 19.4. The molecule has 9 heteroatoms. The summed E-state index contributed by atoms with van der Waals surface area (Å²) in [5, 5.41) is 0. The fourth-order valence-electron chi connectivity index (χ4n) is 4.31. The van der Waals surface area contributed by atoms with Gasteiger partial charge in [-0.15, -0.1) is 0 Å². The van der Waals surface area contributed by atoms with Gasteiger partial charge in [-0.25, -0.2) is 17.8 Å². The van der Waals surface area contributed by atoms with Gasteiger partial charge in [-0.3, -0.25) is 4.79 Å². The Kier molecular flexibility index (Phi) is 5.82. The van der Waals surface area contributed by atoms with Crippen LogP contribution in [0.4, 0.5) is 0 Å². The van der Waals surface area contributed by atoms with Crippen molar-refractivity contribution in [2.24, 2.45) is 0 Å². The summed E-state index contributed by atoms with van der Waals surface area (Å²) >= 11 is 0. The maximum atomic E-state index is 13.8. The molecular weight excluding hydrogens is 456 g/mol. The molecule has 0 fully saturated rings. The Bertz CT molecular complexity index is 1590. The molecule has 0 amide bonds. The molecule has 3 aromatic carbocycles. The first-order valence-corrected chi connectivity index (χ1v) is 11.9. The van der Waals surface area contributed by atoms with Crippen molar-refractivity contribution in [3.05, 3.63) is 87.3 Å². The number of carbonyl (C=O) groups excluding carboxylic acids is 1. The van der Waals surface area contributed by atoms with Crippen LogP contribution in [0.15, 0.2) is 64.3 Å². The second kappa shape index (κ2) is 8.49. The predicted octanol–water partition coefficient (Wildman–Crippen LogP) is 3.67. The Morgan fingerprint density at radius 3 is 2.06 bits per heavy atom. The van der Waals surface area contributed by atoms with Crippen molar-refractivity contribution in [1.29, 1.82) is 0 Å². The molecule has 34 heavy (non-hydrogen) atoms. The van der Waals surface area contributed by atoms with E-state index in [2.05, 4.69) is 0 Å². The number of hydrogen-bond acceptors (Lipinski definition) is 6. The van der Waals surface area contributed by atoms with Crippen molar-refractivity contribution >= 4 is 27.0 Å². The van der Waals surface area contributed by atoms with Crippen LogP contribution in [0.3, 0.4) is 0 Å². The third-order valence-electron chi connectivity index (χ3n) is 5.65. The molecule has 4 rings (SSSR count). The monoisotopic (exact) mass is 480 g/mol. The van der Waals surface area contributed by atoms with E-state index >= 15 is 0 Å². The predicted molar refractivity (Wildman–Crippen MR) is 129 cm³/mol. The van der Waals surface area contributed by atoms with Gasteiger partial charge in [0.1, 0.15) is 11.5 Å². The SMILES string of the molecule is COc1ccc(C(=O)n2c(=O)n(S(=O)(=O)c3c(C)cc(C)cc3C)c3ccccc32)c(OC)c1. The number of hydrogen-bond donors (Lipinski definition) is 0. The molecule has 0 aliphatic rings. The zero-order valence-corrected chi connectivity index (χ0v) is 20.3. The summed E-state index contributed by atoms with van der Waals surface area (Å²) in [5.74, 6) is -0.0516. The molecule has 1 heterocycles.